The fourth-order valence-corrected chi connectivity index (χ4v) is 5.60. The van der Waals surface area contributed by atoms with Crippen LogP contribution in [-0.2, 0) is 9.59 Å². The highest BCUT2D eigenvalue weighted by Crippen LogP contribution is 2.35. The Morgan fingerprint density at radius 1 is 0.781 bits per heavy atom. The lowest BCUT2D eigenvalue weighted by Gasteiger charge is -2.25. The van der Waals surface area contributed by atoms with Crippen molar-refractivity contribution in [2.45, 2.75) is 118 Å². The second-order valence-corrected chi connectivity index (χ2v) is 12.3. The fraction of sp³-hybridized carbons (Fsp3) is 0.778. The topological polar surface area (TPSA) is 54.4 Å². The van der Waals surface area contributed by atoms with Gasteiger partial charge in [0, 0.05) is 11.1 Å². The van der Waals surface area contributed by atoms with Gasteiger partial charge >= 0.3 is 0 Å². The van der Waals surface area contributed by atoms with E-state index < -0.39 is 5.60 Å². The molecule has 1 aliphatic carbocycles. The van der Waals surface area contributed by atoms with Crippen molar-refractivity contribution in [3.63, 3.8) is 0 Å². The van der Waals surface area contributed by atoms with E-state index in [2.05, 4.69) is 59.6 Å². The molecule has 0 radical (unpaired) electrons. The van der Waals surface area contributed by atoms with Crippen LogP contribution < -0.4 is 0 Å². The molecule has 0 aromatic rings. The van der Waals surface area contributed by atoms with Crippen molar-refractivity contribution < 1.29 is 14.7 Å². The number of hydrogen-bond donors (Lipinski definition) is 1. The summed E-state index contributed by atoms with van der Waals surface area (Å²) in [5, 5.41) is 10.8. The van der Waals surface area contributed by atoms with Crippen molar-refractivity contribution >= 4 is 43.4 Å². The quantitative estimate of drug-likeness (QED) is 0.199. The first-order chi connectivity index (χ1) is 14.9. The SMILES string of the molecule is CC1=C(Br)C(=O)C(Br)=C(CCC(C)(O)CCC[C@H](C)CCC[C@H](C)CCCC(C)C)C1=O. The lowest BCUT2D eigenvalue weighted by molar-refractivity contribution is -0.115. The average molecular weight is 576 g/mol. The molecule has 0 bridgehead atoms. The van der Waals surface area contributed by atoms with E-state index in [1.54, 1.807) is 6.92 Å². The fourth-order valence-electron chi connectivity index (χ4n) is 4.38. The van der Waals surface area contributed by atoms with Crippen LogP contribution in [0.4, 0.5) is 0 Å². The van der Waals surface area contributed by atoms with Crippen LogP contribution in [0.3, 0.4) is 0 Å². The molecule has 184 valence electrons. The summed E-state index contributed by atoms with van der Waals surface area (Å²) >= 11 is 6.49. The van der Waals surface area contributed by atoms with E-state index in [-0.39, 0.29) is 11.6 Å². The number of carbonyl (C=O) groups is 2. The number of halogens is 2. The van der Waals surface area contributed by atoms with Crippen LogP contribution in [0.25, 0.3) is 0 Å². The number of allylic oxidation sites excluding steroid dienone is 4. The summed E-state index contributed by atoms with van der Waals surface area (Å²) < 4.78 is 0.645. The van der Waals surface area contributed by atoms with E-state index in [9.17, 15) is 14.7 Å². The molecule has 3 nitrogen and oxygen atoms in total. The Labute approximate surface area is 213 Å². The van der Waals surface area contributed by atoms with Crippen LogP contribution in [0.2, 0.25) is 0 Å². The molecule has 5 heteroatoms. The Morgan fingerprint density at radius 2 is 1.28 bits per heavy atom. The zero-order valence-corrected chi connectivity index (χ0v) is 24.2. The lowest BCUT2D eigenvalue weighted by Crippen LogP contribution is -2.26. The third kappa shape index (κ3) is 10.3. The van der Waals surface area contributed by atoms with E-state index in [0.29, 0.717) is 45.3 Å². The van der Waals surface area contributed by atoms with Crippen LogP contribution >= 0.6 is 31.9 Å². The monoisotopic (exact) mass is 574 g/mol. The van der Waals surface area contributed by atoms with Crippen molar-refractivity contribution in [2.24, 2.45) is 17.8 Å². The minimum Gasteiger partial charge on any atom is -0.390 e. The summed E-state index contributed by atoms with van der Waals surface area (Å²) in [4.78, 5) is 24.8. The summed E-state index contributed by atoms with van der Waals surface area (Å²) in [6.45, 7) is 12.8. The highest BCUT2D eigenvalue weighted by atomic mass is 79.9. The average Bonchev–Trinajstić information content (AvgIpc) is 2.70. The lowest BCUT2D eigenvalue weighted by atomic mass is 9.86. The third-order valence-corrected chi connectivity index (χ3v) is 8.60. The Bertz CT molecular complexity index is 704. The maximum absolute atomic E-state index is 12.5. The molecular weight excluding hydrogens is 532 g/mol. The van der Waals surface area contributed by atoms with Crippen LogP contribution in [0.1, 0.15) is 112 Å². The van der Waals surface area contributed by atoms with Crippen LogP contribution in [0.5, 0.6) is 0 Å². The third-order valence-electron chi connectivity index (χ3n) is 6.81. The van der Waals surface area contributed by atoms with Gasteiger partial charge < -0.3 is 5.11 Å². The molecule has 0 saturated heterocycles. The first-order valence-electron chi connectivity index (χ1n) is 12.4. The maximum Gasteiger partial charge on any atom is 0.207 e. The normalized spacial score (nSPS) is 19.1. The molecule has 3 atom stereocenters. The van der Waals surface area contributed by atoms with Gasteiger partial charge in [0.05, 0.1) is 14.6 Å². The molecule has 32 heavy (non-hydrogen) atoms. The van der Waals surface area contributed by atoms with E-state index in [4.69, 9.17) is 0 Å². The summed E-state index contributed by atoms with van der Waals surface area (Å²) in [6, 6.07) is 0. The summed E-state index contributed by atoms with van der Waals surface area (Å²) in [6.07, 6.45) is 11.6. The molecule has 1 N–H and O–H groups in total. The van der Waals surface area contributed by atoms with Gasteiger partial charge in [0.25, 0.3) is 0 Å². The summed E-state index contributed by atoms with van der Waals surface area (Å²) in [7, 11) is 0. The largest absolute Gasteiger partial charge is 0.390 e. The molecule has 1 unspecified atom stereocenters. The molecule has 0 spiro atoms. The van der Waals surface area contributed by atoms with Crippen LogP contribution in [0, 0.1) is 17.8 Å². The zero-order chi connectivity index (χ0) is 24.5. The van der Waals surface area contributed by atoms with Crippen LogP contribution in [-0.4, -0.2) is 22.3 Å². The Morgan fingerprint density at radius 3 is 1.81 bits per heavy atom. The summed E-state index contributed by atoms with van der Waals surface area (Å²) in [5.74, 6) is 1.99. The molecule has 1 rings (SSSR count). The van der Waals surface area contributed by atoms with Gasteiger partial charge in [-0.1, -0.05) is 79.1 Å². The first kappa shape index (κ1) is 29.8. The number of Topliss-reactive ketones (excluding diaryl/α,β-unsaturated/α-hetero) is 2. The van der Waals surface area contributed by atoms with Gasteiger partial charge in [-0.2, -0.15) is 0 Å². The smallest absolute Gasteiger partial charge is 0.207 e. The van der Waals surface area contributed by atoms with E-state index in [0.717, 1.165) is 24.7 Å². The molecule has 0 amide bonds. The van der Waals surface area contributed by atoms with Crippen molar-refractivity contribution in [3.8, 4) is 0 Å². The predicted molar refractivity (Wildman–Crippen MR) is 142 cm³/mol. The molecule has 0 heterocycles. The molecule has 0 fully saturated rings. The summed E-state index contributed by atoms with van der Waals surface area (Å²) in [5.41, 5.74) is 0.0864. The van der Waals surface area contributed by atoms with Crippen molar-refractivity contribution in [3.05, 3.63) is 20.1 Å². The Hall–Kier alpha value is -0.260. The van der Waals surface area contributed by atoms with Gasteiger partial charge in [-0.05, 0) is 82.7 Å². The Kier molecular flexibility index (Phi) is 13.2. The maximum atomic E-state index is 12.5. The molecule has 0 saturated carbocycles. The molecular formula is C27H44Br2O3. The standard InChI is InChI=1S/C27H44Br2O3/c1-18(2)10-7-11-19(3)12-8-13-20(4)14-9-16-27(6,32)17-15-22-24(29)26(31)23(28)21(5)25(22)30/h18-20,32H,7-17H2,1-6H3/t19-,20-,27?/m1/s1. The van der Waals surface area contributed by atoms with Gasteiger partial charge in [-0.3, -0.25) is 9.59 Å². The van der Waals surface area contributed by atoms with E-state index in [1.165, 1.54) is 38.5 Å². The molecule has 0 aromatic carbocycles. The second kappa shape index (κ2) is 14.2. The number of hydrogen-bond acceptors (Lipinski definition) is 3. The number of carbonyl (C=O) groups excluding carboxylic acids is 2. The number of ketones is 2. The van der Waals surface area contributed by atoms with E-state index in [1.807, 2.05) is 6.92 Å². The minimum absolute atomic E-state index is 0.119. The highest BCUT2D eigenvalue weighted by Gasteiger charge is 2.31. The van der Waals surface area contributed by atoms with Crippen molar-refractivity contribution in [1.82, 2.24) is 0 Å². The van der Waals surface area contributed by atoms with E-state index >= 15 is 0 Å². The number of aliphatic hydroxyl groups is 1. The van der Waals surface area contributed by atoms with Gasteiger partial charge in [-0.25, -0.2) is 0 Å². The molecule has 0 aromatic heterocycles. The zero-order valence-electron chi connectivity index (χ0n) is 21.0. The minimum atomic E-state index is -0.833. The van der Waals surface area contributed by atoms with Gasteiger partial charge in [-0.15, -0.1) is 0 Å². The van der Waals surface area contributed by atoms with Gasteiger partial charge in [0.2, 0.25) is 5.78 Å². The first-order valence-corrected chi connectivity index (χ1v) is 14.0. The van der Waals surface area contributed by atoms with Crippen molar-refractivity contribution in [2.75, 3.05) is 0 Å². The number of rotatable bonds is 15. The Balaban J connectivity index is 2.32. The van der Waals surface area contributed by atoms with Gasteiger partial charge in [0.15, 0.2) is 5.78 Å². The highest BCUT2D eigenvalue weighted by molar-refractivity contribution is 9.13. The van der Waals surface area contributed by atoms with Crippen LogP contribution in [0.15, 0.2) is 20.1 Å². The van der Waals surface area contributed by atoms with Gasteiger partial charge in [0.1, 0.15) is 0 Å². The second-order valence-electron chi connectivity index (χ2n) is 10.7. The van der Waals surface area contributed by atoms with Crippen molar-refractivity contribution in [1.29, 1.82) is 0 Å². The predicted octanol–water partition coefficient (Wildman–Crippen LogP) is 8.43. The molecule has 1 aliphatic rings. The molecule has 0 aliphatic heterocycles.